The Morgan fingerprint density at radius 2 is 1.74 bits per heavy atom. The molecule has 0 saturated heterocycles. The van der Waals surface area contributed by atoms with Crippen LogP contribution in [0.1, 0.15) is 68.2 Å². The number of nitrogens with one attached hydrogen (secondary N) is 2. The fourth-order valence-electron chi connectivity index (χ4n) is 5.71. The standard InChI is InChI=1S/C35H42N6O4S/c1-22(2)37-26-14-15-36-27(17-26)20-41-28(19-35(5,6)7)21-45-31-18-30(32-23(3)10-8-11-24(32)4)38-34(39-31)40-46(43,44)29-13-9-12-25(16-29)33(41)42/h8-18,22,28H,19-21H2,1-7H3,(H,36,37)(H,38,39,40)/t28-/m1/s1. The van der Waals surface area contributed by atoms with Crippen molar-refractivity contribution in [3.63, 3.8) is 0 Å². The summed E-state index contributed by atoms with van der Waals surface area (Å²) in [5, 5.41) is 3.39. The molecule has 1 aliphatic heterocycles. The Labute approximate surface area is 271 Å². The number of hydrogen-bond acceptors (Lipinski definition) is 8. The number of carbonyl (C=O) groups excluding carboxylic acids is 1. The molecule has 0 saturated carbocycles. The maximum Gasteiger partial charge on any atom is 0.264 e. The summed E-state index contributed by atoms with van der Waals surface area (Å²) in [5.74, 6) is -0.245. The predicted octanol–water partition coefficient (Wildman–Crippen LogP) is 6.62. The highest BCUT2D eigenvalue weighted by Crippen LogP contribution is 2.32. The highest BCUT2D eigenvalue weighted by atomic mass is 32.2. The predicted molar refractivity (Wildman–Crippen MR) is 180 cm³/mol. The highest BCUT2D eigenvalue weighted by molar-refractivity contribution is 7.92. The number of nitrogens with zero attached hydrogens (tertiary/aromatic N) is 4. The number of rotatable bonds is 6. The number of pyridine rings is 1. The van der Waals surface area contributed by atoms with Gasteiger partial charge in [0.25, 0.3) is 15.9 Å². The van der Waals surface area contributed by atoms with Gasteiger partial charge < -0.3 is 15.0 Å². The van der Waals surface area contributed by atoms with Crippen molar-refractivity contribution in [1.29, 1.82) is 0 Å². The van der Waals surface area contributed by atoms with Crippen molar-refractivity contribution in [2.45, 2.75) is 78.4 Å². The lowest BCUT2D eigenvalue weighted by Crippen LogP contribution is -2.45. The zero-order chi connectivity index (χ0) is 33.2. The summed E-state index contributed by atoms with van der Waals surface area (Å²) in [6.45, 7) is 14.7. The van der Waals surface area contributed by atoms with Gasteiger partial charge in [0.2, 0.25) is 11.8 Å². The third kappa shape index (κ3) is 7.82. The van der Waals surface area contributed by atoms with Crippen LogP contribution >= 0.6 is 0 Å². The molecule has 0 aliphatic carbocycles. The molecule has 11 heteroatoms. The maximum absolute atomic E-state index is 14.4. The molecule has 2 aromatic heterocycles. The molecular weight excluding hydrogens is 600 g/mol. The van der Waals surface area contributed by atoms with E-state index in [0.29, 0.717) is 17.8 Å². The number of aromatic nitrogens is 3. The van der Waals surface area contributed by atoms with Crippen LogP contribution in [0.3, 0.4) is 0 Å². The monoisotopic (exact) mass is 642 g/mol. The molecule has 1 aliphatic rings. The second-order valence-corrected chi connectivity index (χ2v) is 15.0. The molecular formula is C35H42N6O4S. The first-order valence-corrected chi connectivity index (χ1v) is 16.9. The van der Waals surface area contributed by atoms with Crippen molar-refractivity contribution in [2.24, 2.45) is 5.41 Å². The van der Waals surface area contributed by atoms with E-state index in [4.69, 9.17) is 4.74 Å². The molecule has 5 rings (SSSR count). The van der Waals surface area contributed by atoms with Crippen LogP contribution < -0.4 is 14.8 Å². The zero-order valence-electron chi connectivity index (χ0n) is 27.5. The normalized spacial score (nSPS) is 16.5. The van der Waals surface area contributed by atoms with Crippen LogP contribution in [-0.4, -0.2) is 52.9 Å². The van der Waals surface area contributed by atoms with E-state index >= 15 is 0 Å². The maximum atomic E-state index is 14.4. The van der Waals surface area contributed by atoms with Crippen molar-refractivity contribution >= 4 is 27.6 Å². The number of sulfonamides is 1. The molecule has 3 heterocycles. The Morgan fingerprint density at radius 3 is 2.43 bits per heavy atom. The largest absolute Gasteiger partial charge is 0.475 e. The van der Waals surface area contributed by atoms with Gasteiger partial charge in [-0.25, -0.2) is 18.1 Å². The van der Waals surface area contributed by atoms with Gasteiger partial charge in [-0.2, -0.15) is 4.98 Å². The van der Waals surface area contributed by atoms with Crippen LogP contribution in [0.25, 0.3) is 11.3 Å². The van der Waals surface area contributed by atoms with Gasteiger partial charge in [0.05, 0.1) is 28.9 Å². The first kappa shape index (κ1) is 32.9. The number of hydrogen-bond donors (Lipinski definition) is 2. The van der Waals surface area contributed by atoms with Gasteiger partial charge in [0.15, 0.2) is 0 Å². The SMILES string of the molecule is Cc1cccc(C)c1-c1cc2nc(n1)NS(=O)(=O)c1cccc(c1)C(=O)N(Cc1cc(NC(C)C)ccn1)[C@H](CC(C)(C)C)CO2. The summed E-state index contributed by atoms with van der Waals surface area (Å²) in [6, 6.07) is 17.3. The molecule has 0 fully saturated rings. The first-order valence-electron chi connectivity index (χ1n) is 15.4. The second kappa shape index (κ2) is 13.1. The van der Waals surface area contributed by atoms with Crippen LogP contribution in [0.2, 0.25) is 0 Å². The van der Waals surface area contributed by atoms with Gasteiger partial charge in [-0.05, 0) is 81.0 Å². The number of anilines is 2. The fourth-order valence-corrected chi connectivity index (χ4v) is 6.70. The minimum Gasteiger partial charge on any atom is -0.475 e. The Balaban J connectivity index is 1.66. The molecule has 0 unspecified atom stereocenters. The van der Waals surface area contributed by atoms with E-state index in [9.17, 15) is 13.2 Å². The van der Waals surface area contributed by atoms with Crippen LogP contribution in [0.4, 0.5) is 11.6 Å². The van der Waals surface area contributed by atoms with Crippen LogP contribution in [0, 0.1) is 19.3 Å². The Hall–Kier alpha value is -4.51. The molecule has 0 spiro atoms. The van der Waals surface area contributed by atoms with Gasteiger partial charge in [-0.3, -0.25) is 9.78 Å². The first-order chi connectivity index (χ1) is 21.7. The third-order valence-electron chi connectivity index (χ3n) is 7.63. The summed E-state index contributed by atoms with van der Waals surface area (Å²) in [7, 11) is -4.16. The van der Waals surface area contributed by atoms with E-state index in [2.05, 4.69) is 59.6 Å². The van der Waals surface area contributed by atoms with Gasteiger partial charge in [-0.1, -0.05) is 45.0 Å². The Bertz CT molecular complexity index is 1830. The number of fused-ring (bicyclic) bond motifs is 4. The summed E-state index contributed by atoms with van der Waals surface area (Å²) < 4.78 is 36.2. The van der Waals surface area contributed by atoms with E-state index in [1.54, 1.807) is 29.3 Å². The van der Waals surface area contributed by atoms with Gasteiger partial charge in [0, 0.05) is 35.1 Å². The van der Waals surface area contributed by atoms with Gasteiger partial charge in [0.1, 0.15) is 6.61 Å². The lowest BCUT2D eigenvalue weighted by Gasteiger charge is -2.35. The van der Waals surface area contributed by atoms with Gasteiger partial charge in [-0.15, -0.1) is 0 Å². The van der Waals surface area contributed by atoms with Crippen LogP contribution in [-0.2, 0) is 16.6 Å². The molecule has 242 valence electrons. The highest BCUT2D eigenvalue weighted by Gasteiger charge is 2.32. The molecule has 4 aromatic rings. The van der Waals surface area contributed by atoms with Crippen molar-refractivity contribution in [1.82, 2.24) is 19.9 Å². The van der Waals surface area contributed by atoms with Crippen LogP contribution in [0.15, 0.2) is 71.8 Å². The molecule has 0 radical (unpaired) electrons. The van der Waals surface area contributed by atoms with E-state index in [0.717, 1.165) is 22.4 Å². The third-order valence-corrected chi connectivity index (χ3v) is 8.96. The average Bonchev–Trinajstić information content (AvgIpc) is 2.96. The summed E-state index contributed by atoms with van der Waals surface area (Å²) in [4.78, 5) is 29.7. The Morgan fingerprint density at radius 1 is 1.02 bits per heavy atom. The minimum atomic E-state index is -4.16. The quantitative estimate of drug-likeness (QED) is 0.241. The molecule has 2 aromatic carbocycles. The molecule has 1 atom stereocenters. The fraction of sp³-hybridized carbons (Fsp3) is 0.371. The van der Waals surface area contributed by atoms with E-state index in [1.807, 2.05) is 44.2 Å². The van der Waals surface area contributed by atoms with Crippen molar-refractivity contribution < 1.29 is 17.9 Å². The second-order valence-electron chi connectivity index (χ2n) is 13.3. The van der Waals surface area contributed by atoms with Crippen molar-refractivity contribution in [2.75, 3.05) is 16.6 Å². The minimum absolute atomic E-state index is 0.0743. The topological polar surface area (TPSA) is 126 Å². The number of ether oxygens (including phenoxy) is 1. The number of benzene rings is 2. The van der Waals surface area contributed by atoms with Crippen molar-refractivity contribution in [3.05, 3.63) is 89.2 Å². The summed E-state index contributed by atoms with van der Waals surface area (Å²) in [5.41, 5.74) is 5.00. The van der Waals surface area contributed by atoms with Crippen molar-refractivity contribution in [3.8, 4) is 17.1 Å². The smallest absolute Gasteiger partial charge is 0.264 e. The van der Waals surface area contributed by atoms with E-state index < -0.39 is 16.1 Å². The molecule has 2 N–H and O–H groups in total. The molecule has 10 nitrogen and oxygen atoms in total. The number of aryl methyl sites for hydroxylation is 2. The number of carbonyl (C=O) groups is 1. The molecule has 4 bridgehead atoms. The molecule has 1 amide bonds. The average molecular weight is 643 g/mol. The zero-order valence-corrected chi connectivity index (χ0v) is 28.3. The lowest BCUT2D eigenvalue weighted by molar-refractivity contribution is 0.0509. The van der Waals surface area contributed by atoms with E-state index in [-0.39, 0.29) is 52.8 Å². The van der Waals surface area contributed by atoms with Crippen LogP contribution in [0.5, 0.6) is 5.88 Å². The molecule has 46 heavy (non-hydrogen) atoms. The summed E-state index contributed by atoms with van der Waals surface area (Å²) >= 11 is 0. The summed E-state index contributed by atoms with van der Waals surface area (Å²) in [6.07, 6.45) is 2.32. The van der Waals surface area contributed by atoms with Gasteiger partial charge >= 0.3 is 0 Å². The number of amides is 1. The van der Waals surface area contributed by atoms with E-state index in [1.165, 1.54) is 12.1 Å². The lowest BCUT2D eigenvalue weighted by atomic mass is 9.87. The Kier molecular flexibility index (Phi) is 9.34.